The molecule has 1 rings (SSSR count). The molecule has 0 aromatic carbocycles. The van der Waals surface area contributed by atoms with E-state index in [0.717, 1.165) is 0 Å². The summed E-state index contributed by atoms with van der Waals surface area (Å²) in [6.45, 7) is -1.92. The highest BCUT2D eigenvalue weighted by Gasteiger charge is 2.38. The number of carboxylic acid groups (broad SMARTS) is 2. The third-order valence-corrected chi connectivity index (χ3v) is 3.27. The van der Waals surface area contributed by atoms with Crippen molar-refractivity contribution in [2.24, 2.45) is 4.99 Å². The Kier molecular flexibility index (Phi) is 6.49. The van der Waals surface area contributed by atoms with E-state index in [2.05, 4.69) is 10.3 Å². The number of hydrogen-bond donors (Lipinski definition) is 6. The average Bonchev–Trinajstić information content (AvgIpc) is 2.49. The molecule has 0 aromatic heterocycles. The monoisotopic (exact) mass is 332 g/mol. The molecule has 130 valence electrons. The summed E-state index contributed by atoms with van der Waals surface area (Å²) in [4.78, 5) is 25.5. The summed E-state index contributed by atoms with van der Waals surface area (Å²) in [7, 11) is 1.28. The van der Waals surface area contributed by atoms with Crippen LogP contribution in [0.2, 0.25) is 0 Å². The minimum absolute atomic E-state index is 0.0854. The molecule has 1 aliphatic carbocycles. The molecule has 1 aliphatic rings. The molecule has 0 radical (unpaired) electrons. The van der Waals surface area contributed by atoms with Crippen LogP contribution in [0.5, 0.6) is 0 Å². The van der Waals surface area contributed by atoms with Crippen LogP contribution in [-0.4, -0.2) is 81.7 Å². The molecular weight excluding hydrogens is 312 g/mol. The summed E-state index contributed by atoms with van der Waals surface area (Å²) in [5.41, 5.74) is -1.44. The highest BCUT2D eigenvalue weighted by Crippen LogP contribution is 2.30. The first-order chi connectivity index (χ1) is 10.8. The molecule has 0 heterocycles. The van der Waals surface area contributed by atoms with E-state index in [-0.39, 0.29) is 30.0 Å². The number of nitrogens with zero attached hydrogens (tertiary/aromatic N) is 1. The molecule has 10 nitrogen and oxygen atoms in total. The van der Waals surface area contributed by atoms with E-state index in [4.69, 9.17) is 20.1 Å². The van der Waals surface area contributed by atoms with Gasteiger partial charge in [-0.05, 0) is 0 Å². The van der Waals surface area contributed by atoms with Gasteiger partial charge in [0, 0.05) is 12.8 Å². The maximum atomic E-state index is 11.0. The minimum Gasteiger partial charge on any atom is -0.493 e. The molecule has 0 spiro atoms. The second-order valence-electron chi connectivity index (χ2n) is 5.12. The van der Waals surface area contributed by atoms with Crippen LogP contribution in [0.4, 0.5) is 0 Å². The first kappa shape index (κ1) is 18.9. The lowest BCUT2D eigenvalue weighted by atomic mass is 9.85. The van der Waals surface area contributed by atoms with Crippen molar-refractivity contribution in [3.63, 3.8) is 0 Å². The number of carboxylic acids is 2. The van der Waals surface area contributed by atoms with Crippen molar-refractivity contribution in [1.29, 1.82) is 0 Å². The zero-order valence-corrected chi connectivity index (χ0v) is 12.5. The Morgan fingerprint density at radius 3 is 2.43 bits per heavy atom. The first-order valence-corrected chi connectivity index (χ1v) is 6.72. The van der Waals surface area contributed by atoms with Gasteiger partial charge in [0.1, 0.15) is 12.6 Å². The van der Waals surface area contributed by atoms with Crippen molar-refractivity contribution < 1.29 is 39.9 Å². The van der Waals surface area contributed by atoms with Crippen molar-refractivity contribution >= 4 is 17.7 Å². The Bertz CT molecular complexity index is 530. The molecule has 0 aromatic rings. The molecule has 10 heteroatoms. The fourth-order valence-electron chi connectivity index (χ4n) is 2.19. The molecule has 6 N–H and O–H groups in total. The number of hydrogen-bond acceptors (Lipinski definition) is 8. The molecule has 1 unspecified atom stereocenters. The zero-order chi connectivity index (χ0) is 17.6. The van der Waals surface area contributed by atoms with E-state index in [9.17, 15) is 19.8 Å². The third kappa shape index (κ3) is 4.91. The number of ether oxygens (including phenoxy) is 1. The van der Waals surface area contributed by atoms with E-state index in [0.29, 0.717) is 0 Å². The number of nitrogens with one attached hydrogen (secondary N) is 1. The van der Waals surface area contributed by atoms with Gasteiger partial charge in [-0.1, -0.05) is 0 Å². The summed E-state index contributed by atoms with van der Waals surface area (Å²) in [5.74, 6) is -2.43. The lowest BCUT2D eigenvalue weighted by Gasteiger charge is -2.34. The average molecular weight is 332 g/mol. The van der Waals surface area contributed by atoms with Crippen molar-refractivity contribution in [3.05, 3.63) is 11.5 Å². The van der Waals surface area contributed by atoms with Gasteiger partial charge in [0.2, 0.25) is 0 Å². The Morgan fingerprint density at radius 1 is 1.35 bits per heavy atom. The lowest BCUT2D eigenvalue weighted by molar-refractivity contribution is -0.140. The van der Waals surface area contributed by atoms with Crippen molar-refractivity contribution in [2.45, 2.75) is 24.5 Å². The molecule has 0 saturated heterocycles. The van der Waals surface area contributed by atoms with Gasteiger partial charge in [-0.15, -0.1) is 0 Å². The summed E-state index contributed by atoms with van der Waals surface area (Å²) in [5, 5.41) is 49.0. The quantitative estimate of drug-likeness (QED) is 0.292. The van der Waals surface area contributed by atoms with Gasteiger partial charge in [0.05, 0.1) is 37.3 Å². The number of aliphatic carboxylic acids is 2. The fraction of sp³-hybridized carbons (Fsp3) is 0.615. The van der Waals surface area contributed by atoms with E-state index in [1.807, 2.05) is 0 Å². The number of aliphatic hydroxyl groups is 3. The molecule has 0 amide bonds. The van der Waals surface area contributed by atoms with E-state index in [1.54, 1.807) is 0 Å². The number of aliphatic imine (C=N–C) groups is 1. The Hall–Kier alpha value is -2.17. The van der Waals surface area contributed by atoms with Gasteiger partial charge in [0.25, 0.3) is 0 Å². The van der Waals surface area contributed by atoms with Crippen molar-refractivity contribution in [3.8, 4) is 0 Å². The number of allylic oxidation sites excluding steroid dienone is 1. The summed E-state index contributed by atoms with van der Waals surface area (Å²) in [6, 6.07) is -1.35. The fourth-order valence-corrected chi connectivity index (χ4v) is 2.19. The lowest BCUT2D eigenvalue weighted by Crippen LogP contribution is -2.47. The van der Waals surface area contributed by atoms with Crippen LogP contribution in [-0.2, 0) is 14.3 Å². The first-order valence-electron chi connectivity index (χ1n) is 6.72. The summed E-state index contributed by atoms with van der Waals surface area (Å²) in [6.07, 6.45) is -0.315. The van der Waals surface area contributed by atoms with Gasteiger partial charge in [-0.2, -0.15) is 0 Å². The Morgan fingerprint density at radius 2 is 2.00 bits per heavy atom. The Balaban J connectivity index is 3.24. The minimum atomic E-state index is -1.64. The van der Waals surface area contributed by atoms with Gasteiger partial charge in [-0.25, -0.2) is 4.79 Å². The van der Waals surface area contributed by atoms with Crippen molar-refractivity contribution in [1.82, 2.24) is 5.32 Å². The molecule has 23 heavy (non-hydrogen) atoms. The number of methoxy groups -OCH3 is 1. The molecule has 2 atom stereocenters. The van der Waals surface area contributed by atoms with Crippen LogP contribution in [0, 0.1) is 0 Å². The van der Waals surface area contributed by atoms with Crippen LogP contribution in [0.1, 0.15) is 12.8 Å². The number of aliphatic hydroxyl groups excluding tert-OH is 2. The number of rotatable bonds is 8. The van der Waals surface area contributed by atoms with Gasteiger partial charge in [0.15, 0.2) is 5.76 Å². The van der Waals surface area contributed by atoms with Gasteiger partial charge >= 0.3 is 11.9 Å². The predicted octanol–water partition coefficient (Wildman–Crippen LogP) is -2.08. The molecule has 0 bridgehead atoms. The smallest absolute Gasteiger partial charge is 0.328 e. The highest BCUT2D eigenvalue weighted by molar-refractivity contribution is 6.01. The molecule has 0 fully saturated rings. The van der Waals surface area contributed by atoms with Crippen LogP contribution in [0.25, 0.3) is 0 Å². The third-order valence-electron chi connectivity index (χ3n) is 3.27. The van der Waals surface area contributed by atoms with E-state index >= 15 is 0 Å². The predicted molar refractivity (Wildman–Crippen MR) is 76.9 cm³/mol. The molecule has 0 aliphatic heterocycles. The van der Waals surface area contributed by atoms with E-state index < -0.39 is 43.3 Å². The van der Waals surface area contributed by atoms with Crippen LogP contribution in [0.15, 0.2) is 16.4 Å². The second-order valence-corrected chi connectivity index (χ2v) is 5.12. The van der Waals surface area contributed by atoms with E-state index in [1.165, 1.54) is 7.11 Å². The normalized spacial score (nSPS) is 24.4. The molecule has 0 saturated carbocycles. The highest BCUT2D eigenvalue weighted by atomic mass is 16.5. The van der Waals surface area contributed by atoms with Crippen LogP contribution >= 0.6 is 0 Å². The second kappa shape index (κ2) is 7.90. The SMILES string of the molecule is COC1=C(N[C@@H](CO)C(=O)O)CC(O)(CO)CC1=NCC(=O)O. The zero-order valence-electron chi connectivity index (χ0n) is 12.5. The summed E-state index contributed by atoms with van der Waals surface area (Å²) >= 11 is 0. The topological polar surface area (TPSA) is 169 Å². The van der Waals surface area contributed by atoms with Crippen molar-refractivity contribution in [2.75, 3.05) is 26.9 Å². The van der Waals surface area contributed by atoms with Gasteiger partial charge < -0.3 is 35.6 Å². The largest absolute Gasteiger partial charge is 0.493 e. The van der Waals surface area contributed by atoms with Crippen LogP contribution in [0.3, 0.4) is 0 Å². The Labute approximate surface area is 131 Å². The maximum absolute atomic E-state index is 11.0. The van der Waals surface area contributed by atoms with Gasteiger partial charge in [-0.3, -0.25) is 9.79 Å². The standard InChI is InChI=1S/C13H20N2O8/c1-23-11-7(14-4-10(18)19)2-13(22,6-17)3-8(11)15-9(5-16)12(20)21/h9,15-17,22H,2-6H2,1H3,(H,18,19)(H,20,21)/t9-,13?/m0/s1. The summed E-state index contributed by atoms with van der Waals surface area (Å²) < 4.78 is 5.14. The molecular formula is C13H20N2O8. The van der Waals surface area contributed by atoms with Crippen LogP contribution < -0.4 is 5.32 Å². The number of carbonyl (C=O) groups is 2. The maximum Gasteiger partial charge on any atom is 0.328 e.